The van der Waals surface area contributed by atoms with E-state index in [-0.39, 0.29) is 12.1 Å². The lowest BCUT2D eigenvalue weighted by molar-refractivity contribution is 0.102. The molecule has 1 N–H and O–H groups in total. The van der Waals surface area contributed by atoms with Gasteiger partial charge < -0.3 is 9.88 Å². The van der Waals surface area contributed by atoms with Crippen LogP contribution in [0.4, 0.5) is 5.69 Å². The molecule has 7 heteroatoms. The van der Waals surface area contributed by atoms with Gasteiger partial charge in [0.1, 0.15) is 5.56 Å². The molecule has 2 aromatic carbocycles. The monoisotopic (exact) mass is 406 g/mol. The minimum absolute atomic E-state index is 0.0191. The van der Waals surface area contributed by atoms with Crippen molar-refractivity contribution in [2.45, 2.75) is 6.54 Å². The van der Waals surface area contributed by atoms with Crippen molar-refractivity contribution < 1.29 is 4.79 Å². The van der Waals surface area contributed by atoms with Crippen molar-refractivity contribution in [3.8, 4) is 0 Å². The van der Waals surface area contributed by atoms with Crippen LogP contribution in [-0.4, -0.2) is 10.5 Å². The van der Waals surface area contributed by atoms with Gasteiger partial charge in [-0.2, -0.15) is 0 Å². The van der Waals surface area contributed by atoms with Crippen molar-refractivity contribution in [1.82, 2.24) is 4.57 Å². The molecule has 132 valence electrons. The van der Waals surface area contributed by atoms with E-state index in [1.165, 1.54) is 16.7 Å². The second kappa shape index (κ2) is 7.96. The van der Waals surface area contributed by atoms with Crippen molar-refractivity contribution >= 4 is 46.4 Å². The number of carbonyl (C=O) groups is 1. The van der Waals surface area contributed by atoms with Crippen LogP contribution in [0.15, 0.2) is 65.6 Å². The molecule has 0 saturated heterocycles. The molecule has 3 aromatic rings. The van der Waals surface area contributed by atoms with Crippen LogP contribution in [0.5, 0.6) is 0 Å². The van der Waals surface area contributed by atoms with E-state index in [0.717, 1.165) is 5.56 Å². The van der Waals surface area contributed by atoms with Crippen molar-refractivity contribution in [2.24, 2.45) is 0 Å². The molecule has 0 spiro atoms. The Morgan fingerprint density at radius 3 is 2.42 bits per heavy atom. The molecule has 0 atom stereocenters. The topological polar surface area (TPSA) is 51.1 Å². The molecule has 0 unspecified atom stereocenters. The number of benzene rings is 2. The fraction of sp³-hybridized carbons (Fsp3) is 0.0526. The summed E-state index contributed by atoms with van der Waals surface area (Å²) >= 11 is 18.0. The molecular formula is C19H13Cl3N2O2. The maximum Gasteiger partial charge on any atom is 0.263 e. The highest BCUT2D eigenvalue weighted by molar-refractivity contribution is 6.42. The Hall–Kier alpha value is -2.27. The first-order valence-corrected chi connectivity index (χ1v) is 8.78. The third-order valence-corrected chi connectivity index (χ3v) is 4.85. The van der Waals surface area contributed by atoms with Gasteiger partial charge in [-0.15, -0.1) is 0 Å². The van der Waals surface area contributed by atoms with E-state index < -0.39 is 11.5 Å². The van der Waals surface area contributed by atoms with Gasteiger partial charge in [0.15, 0.2) is 0 Å². The lowest BCUT2D eigenvalue weighted by atomic mass is 10.2. The molecule has 0 aliphatic rings. The molecule has 1 amide bonds. The normalized spacial score (nSPS) is 10.6. The van der Waals surface area contributed by atoms with Gasteiger partial charge in [-0.25, -0.2) is 0 Å². The summed E-state index contributed by atoms with van der Waals surface area (Å²) in [4.78, 5) is 25.1. The van der Waals surface area contributed by atoms with Crippen LogP contribution in [0.25, 0.3) is 0 Å². The fourth-order valence-electron chi connectivity index (χ4n) is 2.42. The smallest absolute Gasteiger partial charge is 0.263 e. The summed E-state index contributed by atoms with van der Waals surface area (Å²) < 4.78 is 1.44. The summed E-state index contributed by atoms with van der Waals surface area (Å²) in [6, 6.07) is 15.0. The first-order valence-electron chi connectivity index (χ1n) is 7.65. The Morgan fingerprint density at radius 2 is 1.69 bits per heavy atom. The minimum Gasteiger partial charge on any atom is -0.322 e. The molecule has 0 saturated carbocycles. The second-order valence-corrected chi connectivity index (χ2v) is 6.75. The van der Waals surface area contributed by atoms with E-state index in [2.05, 4.69) is 5.32 Å². The number of nitrogens with zero attached hydrogens (tertiary/aromatic N) is 1. The lowest BCUT2D eigenvalue weighted by Crippen LogP contribution is -2.29. The molecular weight excluding hydrogens is 395 g/mol. The SMILES string of the molecule is O=C(Nc1ccc(Cl)c(Cl)c1)c1cccn(Cc2ccccc2Cl)c1=O. The van der Waals surface area contributed by atoms with Crippen LogP contribution in [0.2, 0.25) is 15.1 Å². The summed E-state index contributed by atoms with van der Waals surface area (Å²) in [5.74, 6) is -0.526. The van der Waals surface area contributed by atoms with Gasteiger partial charge in [0, 0.05) is 16.9 Å². The van der Waals surface area contributed by atoms with E-state index in [4.69, 9.17) is 34.8 Å². The van der Waals surface area contributed by atoms with Crippen LogP contribution >= 0.6 is 34.8 Å². The van der Waals surface area contributed by atoms with Gasteiger partial charge in [0.05, 0.1) is 16.6 Å². The molecule has 1 aromatic heterocycles. The molecule has 0 fully saturated rings. The number of nitrogens with one attached hydrogen (secondary N) is 1. The zero-order chi connectivity index (χ0) is 18.7. The Balaban J connectivity index is 1.86. The highest BCUT2D eigenvalue weighted by atomic mass is 35.5. The molecule has 0 aliphatic heterocycles. The van der Waals surface area contributed by atoms with E-state index in [9.17, 15) is 9.59 Å². The maximum absolute atomic E-state index is 12.6. The minimum atomic E-state index is -0.526. The summed E-state index contributed by atoms with van der Waals surface area (Å²) in [5, 5.41) is 3.90. The maximum atomic E-state index is 12.6. The molecule has 0 radical (unpaired) electrons. The number of rotatable bonds is 4. The number of halogens is 3. The van der Waals surface area contributed by atoms with E-state index in [1.807, 2.05) is 18.2 Å². The van der Waals surface area contributed by atoms with Crippen LogP contribution in [0.3, 0.4) is 0 Å². The third kappa shape index (κ3) is 4.10. The number of carbonyl (C=O) groups excluding carboxylic acids is 1. The van der Waals surface area contributed by atoms with Gasteiger partial charge in [0.2, 0.25) is 0 Å². The van der Waals surface area contributed by atoms with Crippen LogP contribution in [0, 0.1) is 0 Å². The lowest BCUT2D eigenvalue weighted by Gasteiger charge is -2.10. The predicted octanol–water partition coefficient (Wildman–Crippen LogP) is 5.11. The first kappa shape index (κ1) is 18.5. The van der Waals surface area contributed by atoms with Crippen LogP contribution < -0.4 is 10.9 Å². The van der Waals surface area contributed by atoms with Crippen molar-refractivity contribution in [3.63, 3.8) is 0 Å². The Morgan fingerprint density at radius 1 is 0.923 bits per heavy atom. The summed E-state index contributed by atoms with van der Waals surface area (Å²) in [7, 11) is 0. The summed E-state index contributed by atoms with van der Waals surface area (Å²) in [6.07, 6.45) is 1.61. The standard InChI is InChI=1S/C19H13Cl3N2O2/c20-15-6-2-1-4-12(15)11-24-9-3-5-14(19(24)26)18(25)23-13-7-8-16(21)17(22)10-13/h1-10H,11H2,(H,23,25). The van der Waals surface area contributed by atoms with Crippen LogP contribution in [-0.2, 0) is 6.54 Å². The molecule has 1 heterocycles. The molecule has 0 bridgehead atoms. The van der Waals surface area contributed by atoms with Gasteiger partial charge in [-0.05, 0) is 42.0 Å². The number of hydrogen-bond donors (Lipinski definition) is 1. The largest absolute Gasteiger partial charge is 0.322 e. The zero-order valence-electron chi connectivity index (χ0n) is 13.4. The molecule has 0 aliphatic carbocycles. The van der Waals surface area contributed by atoms with Crippen molar-refractivity contribution in [2.75, 3.05) is 5.32 Å². The van der Waals surface area contributed by atoms with E-state index >= 15 is 0 Å². The molecule has 3 rings (SSSR count). The second-order valence-electron chi connectivity index (χ2n) is 5.53. The summed E-state index contributed by atoms with van der Waals surface area (Å²) in [6.45, 7) is 0.270. The first-order chi connectivity index (χ1) is 12.5. The predicted molar refractivity (Wildman–Crippen MR) is 106 cm³/mol. The highest BCUT2D eigenvalue weighted by Gasteiger charge is 2.13. The Bertz CT molecular complexity index is 1030. The number of pyridine rings is 1. The Kier molecular flexibility index (Phi) is 5.67. The highest BCUT2D eigenvalue weighted by Crippen LogP contribution is 2.25. The number of amides is 1. The van der Waals surface area contributed by atoms with Gasteiger partial charge >= 0.3 is 0 Å². The van der Waals surface area contributed by atoms with Crippen molar-refractivity contribution in [3.05, 3.63) is 97.3 Å². The quantitative estimate of drug-likeness (QED) is 0.653. The third-order valence-electron chi connectivity index (χ3n) is 3.74. The van der Waals surface area contributed by atoms with E-state index in [1.54, 1.807) is 30.5 Å². The van der Waals surface area contributed by atoms with Gasteiger partial charge in [-0.1, -0.05) is 53.0 Å². The van der Waals surface area contributed by atoms with Gasteiger partial charge in [-0.3, -0.25) is 9.59 Å². The van der Waals surface area contributed by atoms with E-state index in [0.29, 0.717) is 20.8 Å². The van der Waals surface area contributed by atoms with Crippen molar-refractivity contribution in [1.29, 1.82) is 0 Å². The van der Waals surface area contributed by atoms with Gasteiger partial charge in [0.25, 0.3) is 11.5 Å². The fourth-order valence-corrected chi connectivity index (χ4v) is 2.91. The average molecular weight is 408 g/mol. The molecule has 4 nitrogen and oxygen atoms in total. The Labute approximate surface area is 164 Å². The summed E-state index contributed by atoms with van der Waals surface area (Å²) in [5.41, 5.74) is 0.847. The number of aromatic nitrogens is 1. The average Bonchev–Trinajstić information content (AvgIpc) is 2.61. The number of anilines is 1. The number of hydrogen-bond acceptors (Lipinski definition) is 2. The zero-order valence-corrected chi connectivity index (χ0v) is 15.6. The molecule has 26 heavy (non-hydrogen) atoms. The van der Waals surface area contributed by atoms with Crippen LogP contribution in [0.1, 0.15) is 15.9 Å².